The van der Waals surface area contributed by atoms with Gasteiger partial charge < -0.3 is 19.3 Å². The van der Waals surface area contributed by atoms with Crippen LogP contribution < -0.4 is 5.32 Å². The van der Waals surface area contributed by atoms with Crippen molar-refractivity contribution in [2.45, 2.75) is 97.1 Å². The summed E-state index contributed by atoms with van der Waals surface area (Å²) in [7, 11) is 0. The number of guanidine groups is 1. The predicted molar refractivity (Wildman–Crippen MR) is 140 cm³/mol. The van der Waals surface area contributed by atoms with Gasteiger partial charge >= 0.3 is 12.2 Å². The molecule has 1 atom stereocenters. The molecule has 1 aromatic carbocycles. The van der Waals surface area contributed by atoms with Gasteiger partial charge in [-0.25, -0.2) is 9.59 Å². The Labute approximate surface area is 218 Å². The van der Waals surface area contributed by atoms with E-state index < -0.39 is 23.8 Å². The van der Waals surface area contributed by atoms with Gasteiger partial charge in [-0.3, -0.25) is 5.32 Å². The summed E-state index contributed by atoms with van der Waals surface area (Å²) in [6.45, 7) is 7.85. The molecule has 0 bridgehead atoms. The van der Waals surface area contributed by atoms with Crippen LogP contribution >= 0.6 is 0 Å². The molecule has 2 amide bonds. The van der Waals surface area contributed by atoms with Gasteiger partial charge in [0.25, 0.3) is 5.89 Å². The highest BCUT2D eigenvalue weighted by atomic mass is 16.6. The van der Waals surface area contributed by atoms with Crippen LogP contribution in [0.1, 0.15) is 96.5 Å². The molecule has 2 aromatic rings. The fourth-order valence-corrected chi connectivity index (χ4v) is 4.33. The molecule has 10 heteroatoms. The number of unbranched alkanes of at least 4 members (excludes halogenated alkanes) is 5. The molecule has 37 heavy (non-hydrogen) atoms. The van der Waals surface area contributed by atoms with E-state index in [9.17, 15) is 14.7 Å². The molecule has 10 nitrogen and oxygen atoms in total. The molecular weight excluding hydrogens is 474 g/mol. The van der Waals surface area contributed by atoms with Gasteiger partial charge in [0.2, 0.25) is 5.96 Å². The standard InChI is InChI=1S/C27H39N5O5/c1-5-6-7-8-9-10-12-19-14-16-20(17-15-19)23-28-22(31-37-23)21-13-11-18-32(21)24(29-25(33)34)30-26(35)36-27(2,3)4/h14-17,21H,5-13,18H2,1-4H3,(H,33,34)(H,29,30,35). The first-order valence-corrected chi connectivity index (χ1v) is 13.2. The van der Waals surface area contributed by atoms with Crippen LogP contribution in [0.2, 0.25) is 0 Å². The summed E-state index contributed by atoms with van der Waals surface area (Å²) < 4.78 is 10.8. The van der Waals surface area contributed by atoms with Crippen LogP contribution in [-0.2, 0) is 11.2 Å². The molecule has 1 aliphatic heterocycles. The number of carbonyl (C=O) groups is 2. The molecule has 3 rings (SSSR count). The summed E-state index contributed by atoms with van der Waals surface area (Å²) in [5.74, 6) is 0.687. The molecule has 0 radical (unpaired) electrons. The lowest BCUT2D eigenvalue weighted by molar-refractivity contribution is 0.0601. The molecule has 1 unspecified atom stereocenters. The lowest BCUT2D eigenvalue weighted by Gasteiger charge is -2.25. The monoisotopic (exact) mass is 513 g/mol. The quantitative estimate of drug-likeness (QED) is 0.226. The maximum absolute atomic E-state index is 12.3. The van der Waals surface area contributed by atoms with Crippen molar-refractivity contribution in [1.82, 2.24) is 20.4 Å². The van der Waals surface area contributed by atoms with Gasteiger partial charge in [0.15, 0.2) is 5.82 Å². The van der Waals surface area contributed by atoms with Gasteiger partial charge in [-0.1, -0.05) is 56.3 Å². The fourth-order valence-electron chi connectivity index (χ4n) is 4.33. The van der Waals surface area contributed by atoms with Gasteiger partial charge in [0.05, 0.1) is 6.04 Å². The van der Waals surface area contributed by atoms with Crippen molar-refractivity contribution in [2.75, 3.05) is 6.54 Å². The Bertz CT molecular complexity index is 1060. The van der Waals surface area contributed by atoms with Crippen LogP contribution in [0.3, 0.4) is 0 Å². The number of aryl methyl sites for hydroxylation is 1. The highest BCUT2D eigenvalue weighted by Crippen LogP contribution is 2.32. The number of rotatable bonds is 9. The highest BCUT2D eigenvalue weighted by Gasteiger charge is 2.34. The van der Waals surface area contributed by atoms with E-state index in [1.54, 1.807) is 25.7 Å². The van der Waals surface area contributed by atoms with Crippen molar-refractivity contribution in [3.63, 3.8) is 0 Å². The van der Waals surface area contributed by atoms with E-state index in [0.717, 1.165) is 18.4 Å². The van der Waals surface area contributed by atoms with Crippen LogP contribution in [0.25, 0.3) is 11.5 Å². The number of nitrogens with zero attached hydrogens (tertiary/aromatic N) is 4. The smallest absolute Gasteiger partial charge is 0.437 e. The number of amides is 2. The van der Waals surface area contributed by atoms with Gasteiger partial charge in [-0.2, -0.15) is 4.98 Å². The summed E-state index contributed by atoms with van der Waals surface area (Å²) in [5, 5.41) is 15.7. The fraction of sp³-hybridized carbons (Fsp3) is 0.593. The predicted octanol–water partition coefficient (Wildman–Crippen LogP) is 6.34. The third-order valence-electron chi connectivity index (χ3n) is 6.09. The minimum atomic E-state index is -1.33. The zero-order valence-corrected chi connectivity index (χ0v) is 22.3. The Hall–Kier alpha value is -3.43. The molecule has 0 saturated carbocycles. The first kappa shape index (κ1) is 28.1. The second-order valence-corrected chi connectivity index (χ2v) is 10.4. The van der Waals surface area contributed by atoms with Gasteiger partial charge in [0.1, 0.15) is 5.60 Å². The Kier molecular flexibility index (Phi) is 10.0. The van der Waals surface area contributed by atoms with Crippen molar-refractivity contribution < 1.29 is 24.0 Å². The molecule has 202 valence electrons. The van der Waals surface area contributed by atoms with Crippen LogP contribution in [-0.4, -0.2) is 50.4 Å². The van der Waals surface area contributed by atoms with E-state index in [1.807, 2.05) is 12.1 Å². The zero-order valence-electron chi connectivity index (χ0n) is 22.3. The Balaban J connectivity index is 1.67. The van der Waals surface area contributed by atoms with Gasteiger partial charge in [0, 0.05) is 12.1 Å². The van der Waals surface area contributed by atoms with Crippen molar-refractivity contribution >= 4 is 18.1 Å². The number of likely N-dealkylation sites (tertiary alicyclic amines) is 1. The number of carbonyl (C=O) groups excluding carboxylic acids is 1. The number of carboxylic acid groups (broad SMARTS) is 1. The van der Waals surface area contributed by atoms with Gasteiger partial charge in [-0.15, -0.1) is 4.99 Å². The normalized spacial score (nSPS) is 16.2. The largest absolute Gasteiger partial charge is 0.465 e. The molecule has 1 saturated heterocycles. The molecular formula is C27H39N5O5. The first-order valence-electron chi connectivity index (χ1n) is 13.2. The number of ether oxygens (including phenoxy) is 1. The van der Waals surface area contributed by atoms with Crippen molar-refractivity contribution in [3.8, 4) is 11.5 Å². The molecule has 2 N–H and O–H groups in total. The molecule has 1 aliphatic rings. The number of hydrogen-bond acceptors (Lipinski definition) is 6. The third kappa shape index (κ3) is 8.87. The minimum absolute atomic E-state index is 0.116. The molecule has 0 aliphatic carbocycles. The average Bonchev–Trinajstić information content (AvgIpc) is 3.49. The SMILES string of the molecule is CCCCCCCCc1ccc(-c2nc(C3CCCN3C(=NC(=O)OC(C)(C)C)NC(=O)O)no2)cc1. The van der Waals surface area contributed by atoms with Crippen molar-refractivity contribution in [3.05, 3.63) is 35.7 Å². The second-order valence-electron chi connectivity index (χ2n) is 10.4. The maximum Gasteiger partial charge on any atom is 0.437 e. The lowest BCUT2D eigenvalue weighted by atomic mass is 10.0. The minimum Gasteiger partial charge on any atom is -0.465 e. The Morgan fingerprint density at radius 1 is 1.16 bits per heavy atom. The second kappa shape index (κ2) is 13.2. The van der Waals surface area contributed by atoms with E-state index in [-0.39, 0.29) is 5.96 Å². The van der Waals surface area contributed by atoms with E-state index >= 15 is 0 Å². The lowest BCUT2D eigenvalue weighted by Crippen LogP contribution is -2.44. The van der Waals surface area contributed by atoms with E-state index in [2.05, 4.69) is 39.5 Å². The van der Waals surface area contributed by atoms with Crippen LogP contribution in [0.5, 0.6) is 0 Å². The number of nitrogens with one attached hydrogen (secondary N) is 1. The maximum atomic E-state index is 12.3. The highest BCUT2D eigenvalue weighted by molar-refractivity contribution is 5.98. The number of benzene rings is 1. The molecule has 2 heterocycles. The summed E-state index contributed by atoms with van der Waals surface area (Å²) in [6, 6.07) is 7.76. The Morgan fingerprint density at radius 2 is 1.86 bits per heavy atom. The summed E-state index contributed by atoms with van der Waals surface area (Å²) in [5.41, 5.74) is 1.34. The molecule has 1 aromatic heterocycles. The summed E-state index contributed by atoms with van der Waals surface area (Å²) in [4.78, 5) is 33.8. The van der Waals surface area contributed by atoms with E-state index in [0.29, 0.717) is 24.7 Å². The number of aliphatic imine (C=N–C) groups is 1. The van der Waals surface area contributed by atoms with E-state index in [4.69, 9.17) is 9.26 Å². The van der Waals surface area contributed by atoms with Crippen LogP contribution in [0.15, 0.2) is 33.8 Å². The van der Waals surface area contributed by atoms with E-state index in [1.165, 1.54) is 44.1 Å². The topological polar surface area (TPSA) is 130 Å². The van der Waals surface area contributed by atoms with Gasteiger partial charge in [-0.05, 0) is 64.2 Å². The zero-order chi connectivity index (χ0) is 26.8. The molecule has 0 spiro atoms. The number of hydrogen-bond donors (Lipinski definition) is 2. The summed E-state index contributed by atoms with van der Waals surface area (Å²) >= 11 is 0. The first-order chi connectivity index (χ1) is 17.7. The summed E-state index contributed by atoms with van der Waals surface area (Å²) in [6.07, 6.45) is 7.86. The van der Waals surface area contributed by atoms with Crippen LogP contribution in [0, 0.1) is 0 Å². The van der Waals surface area contributed by atoms with Crippen LogP contribution in [0.4, 0.5) is 9.59 Å². The molecule has 1 fully saturated rings. The Morgan fingerprint density at radius 3 is 2.54 bits per heavy atom. The van der Waals surface area contributed by atoms with Crippen molar-refractivity contribution in [2.24, 2.45) is 4.99 Å². The number of aromatic nitrogens is 2. The average molecular weight is 514 g/mol. The third-order valence-corrected chi connectivity index (χ3v) is 6.09. The van der Waals surface area contributed by atoms with Crippen molar-refractivity contribution in [1.29, 1.82) is 0 Å².